The molecule has 1 amide bonds. The first-order chi connectivity index (χ1) is 9.15. The van der Waals surface area contributed by atoms with Crippen LogP contribution in [-0.4, -0.2) is 23.9 Å². The van der Waals surface area contributed by atoms with Crippen LogP contribution in [0.15, 0.2) is 18.2 Å². The Balaban J connectivity index is 1.62. The van der Waals surface area contributed by atoms with Gasteiger partial charge in [-0.15, -0.1) is 0 Å². The number of hydrogen-bond acceptors (Lipinski definition) is 2. The number of hydrogen-bond donors (Lipinski definition) is 1. The molecule has 2 fully saturated rings. The zero-order chi connectivity index (χ0) is 13.4. The first-order valence-electron chi connectivity index (χ1n) is 7.30. The first kappa shape index (κ1) is 12.5. The molecule has 0 atom stereocenters. The summed E-state index contributed by atoms with van der Waals surface area (Å²) in [6.07, 6.45) is 4.38. The molecular weight excluding hydrogens is 236 g/mol. The van der Waals surface area contributed by atoms with Crippen molar-refractivity contribution in [2.24, 2.45) is 5.92 Å². The lowest BCUT2D eigenvalue weighted by Gasteiger charge is -2.32. The zero-order valence-electron chi connectivity index (χ0n) is 11.6. The van der Waals surface area contributed by atoms with Crippen LogP contribution in [0, 0.1) is 12.8 Å². The lowest BCUT2D eigenvalue weighted by Crippen LogP contribution is -2.38. The number of nitrogens with two attached hydrogens (primary N) is 1. The summed E-state index contributed by atoms with van der Waals surface area (Å²) in [6.45, 7) is 3.90. The van der Waals surface area contributed by atoms with Gasteiger partial charge >= 0.3 is 0 Å². The minimum atomic E-state index is 0.357. The fourth-order valence-electron chi connectivity index (χ4n) is 2.97. The van der Waals surface area contributed by atoms with E-state index in [1.54, 1.807) is 0 Å². The van der Waals surface area contributed by atoms with Crippen molar-refractivity contribution in [1.82, 2.24) is 4.90 Å². The molecule has 3 nitrogen and oxygen atoms in total. The van der Waals surface area contributed by atoms with Gasteiger partial charge in [0.1, 0.15) is 0 Å². The number of likely N-dealkylation sites (tertiary alicyclic amines) is 1. The standard InChI is InChI=1S/C16H22N2O/c1-11-10-14(4-5-15(11)17)12-6-8-18(9-7-12)16(19)13-2-3-13/h4-5,10,12-13H,2-3,6-9,17H2,1H3. The molecule has 0 radical (unpaired) electrons. The van der Waals surface area contributed by atoms with Gasteiger partial charge in [0, 0.05) is 24.7 Å². The number of anilines is 1. The van der Waals surface area contributed by atoms with E-state index in [1.165, 1.54) is 5.56 Å². The summed E-state index contributed by atoms with van der Waals surface area (Å²) in [5.41, 5.74) is 9.27. The molecule has 0 bridgehead atoms. The van der Waals surface area contributed by atoms with Crippen molar-refractivity contribution in [3.8, 4) is 0 Å². The van der Waals surface area contributed by atoms with E-state index in [1.807, 2.05) is 6.07 Å². The van der Waals surface area contributed by atoms with Crippen LogP contribution in [0.1, 0.15) is 42.7 Å². The van der Waals surface area contributed by atoms with Gasteiger partial charge < -0.3 is 10.6 Å². The van der Waals surface area contributed by atoms with Crippen molar-refractivity contribution in [1.29, 1.82) is 0 Å². The number of nitrogen functional groups attached to an aromatic ring is 1. The van der Waals surface area contributed by atoms with Crippen molar-refractivity contribution in [2.45, 2.75) is 38.5 Å². The van der Waals surface area contributed by atoms with Crippen LogP contribution in [0.4, 0.5) is 5.69 Å². The van der Waals surface area contributed by atoms with Crippen LogP contribution < -0.4 is 5.73 Å². The Kier molecular flexibility index (Phi) is 3.21. The van der Waals surface area contributed by atoms with Crippen molar-refractivity contribution in [2.75, 3.05) is 18.8 Å². The van der Waals surface area contributed by atoms with Gasteiger partial charge in [0.15, 0.2) is 0 Å². The van der Waals surface area contributed by atoms with Crippen LogP contribution in [0.2, 0.25) is 0 Å². The number of rotatable bonds is 2. The number of amides is 1. The first-order valence-corrected chi connectivity index (χ1v) is 7.30. The Morgan fingerprint density at radius 2 is 1.89 bits per heavy atom. The summed E-state index contributed by atoms with van der Waals surface area (Å²) in [5, 5.41) is 0. The van der Waals surface area contributed by atoms with Gasteiger partial charge in [0.05, 0.1) is 0 Å². The van der Waals surface area contributed by atoms with E-state index in [0.717, 1.165) is 50.0 Å². The van der Waals surface area contributed by atoms with E-state index in [2.05, 4.69) is 24.0 Å². The molecule has 3 heteroatoms. The molecule has 2 aliphatic rings. The van der Waals surface area contributed by atoms with Crippen molar-refractivity contribution >= 4 is 11.6 Å². The molecule has 0 unspecified atom stereocenters. The van der Waals surface area contributed by atoms with Gasteiger partial charge in [-0.3, -0.25) is 4.79 Å². The van der Waals surface area contributed by atoms with Gasteiger partial charge in [0.25, 0.3) is 0 Å². The third-order valence-corrected chi connectivity index (χ3v) is 4.50. The summed E-state index contributed by atoms with van der Waals surface area (Å²) < 4.78 is 0. The van der Waals surface area contributed by atoms with E-state index in [9.17, 15) is 4.79 Å². The minimum absolute atomic E-state index is 0.357. The average Bonchev–Trinajstić information content (AvgIpc) is 3.26. The molecule has 1 aliphatic heterocycles. The normalized spacial score (nSPS) is 20.6. The van der Waals surface area contributed by atoms with Crippen molar-refractivity contribution < 1.29 is 4.79 Å². The summed E-state index contributed by atoms with van der Waals surface area (Å²) in [5.74, 6) is 1.34. The SMILES string of the molecule is Cc1cc(C2CCN(C(=O)C3CC3)CC2)ccc1N. The van der Waals surface area contributed by atoms with E-state index in [-0.39, 0.29) is 0 Å². The topological polar surface area (TPSA) is 46.3 Å². The minimum Gasteiger partial charge on any atom is -0.399 e. The van der Waals surface area contributed by atoms with Gasteiger partial charge in [-0.05, 0) is 55.7 Å². The number of aryl methyl sites for hydroxylation is 1. The highest BCUT2D eigenvalue weighted by molar-refractivity contribution is 5.81. The Morgan fingerprint density at radius 1 is 1.21 bits per heavy atom. The number of piperidine rings is 1. The molecule has 1 aromatic rings. The largest absolute Gasteiger partial charge is 0.399 e. The van der Waals surface area contributed by atoms with Crippen LogP contribution in [0.5, 0.6) is 0 Å². The van der Waals surface area contributed by atoms with Crippen LogP contribution >= 0.6 is 0 Å². The lowest BCUT2D eigenvalue weighted by molar-refractivity contribution is -0.133. The van der Waals surface area contributed by atoms with E-state index >= 15 is 0 Å². The third kappa shape index (κ3) is 2.60. The Labute approximate surface area is 114 Å². The Hall–Kier alpha value is -1.51. The molecule has 19 heavy (non-hydrogen) atoms. The van der Waals surface area contributed by atoms with Gasteiger partial charge in [-0.25, -0.2) is 0 Å². The Bertz CT molecular complexity index is 486. The second kappa shape index (κ2) is 4.87. The average molecular weight is 258 g/mol. The van der Waals surface area contributed by atoms with E-state index < -0.39 is 0 Å². The highest BCUT2D eigenvalue weighted by Gasteiger charge is 2.35. The second-order valence-corrected chi connectivity index (χ2v) is 5.99. The predicted octanol–water partition coefficient (Wildman–Crippen LogP) is 2.69. The maximum atomic E-state index is 12.0. The molecule has 2 N–H and O–H groups in total. The second-order valence-electron chi connectivity index (χ2n) is 5.99. The molecule has 1 saturated carbocycles. The monoisotopic (exact) mass is 258 g/mol. The lowest BCUT2D eigenvalue weighted by atomic mass is 9.88. The van der Waals surface area contributed by atoms with Gasteiger partial charge in [0.2, 0.25) is 5.91 Å². The quantitative estimate of drug-likeness (QED) is 0.829. The predicted molar refractivity (Wildman–Crippen MR) is 76.9 cm³/mol. The third-order valence-electron chi connectivity index (χ3n) is 4.50. The van der Waals surface area contributed by atoms with Crippen LogP contribution in [0.3, 0.4) is 0 Å². The number of benzene rings is 1. The molecule has 3 rings (SSSR count). The number of nitrogens with zero attached hydrogens (tertiary/aromatic N) is 1. The molecule has 102 valence electrons. The smallest absolute Gasteiger partial charge is 0.225 e. The zero-order valence-corrected chi connectivity index (χ0v) is 11.6. The van der Waals surface area contributed by atoms with E-state index in [0.29, 0.717) is 17.7 Å². The molecule has 0 spiro atoms. The summed E-state index contributed by atoms with van der Waals surface area (Å²) in [6, 6.07) is 6.36. The molecule has 1 heterocycles. The molecule has 1 saturated heterocycles. The molecule has 0 aromatic heterocycles. The molecular formula is C16H22N2O. The van der Waals surface area contributed by atoms with Crippen molar-refractivity contribution in [3.63, 3.8) is 0 Å². The van der Waals surface area contributed by atoms with Crippen LogP contribution in [-0.2, 0) is 4.79 Å². The van der Waals surface area contributed by atoms with Crippen molar-refractivity contribution in [3.05, 3.63) is 29.3 Å². The maximum absolute atomic E-state index is 12.0. The summed E-state index contributed by atoms with van der Waals surface area (Å²) in [4.78, 5) is 14.1. The number of carbonyl (C=O) groups excluding carboxylic acids is 1. The maximum Gasteiger partial charge on any atom is 0.225 e. The fraction of sp³-hybridized carbons (Fsp3) is 0.562. The molecule has 1 aliphatic carbocycles. The summed E-state index contributed by atoms with van der Waals surface area (Å²) >= 11 is 0. The summed E-state index contributed by atoms with van der Waals surface area (Å²) in [7, 11) is 0. The fourth-order valence-corrected chi connectivity index (χ4v) is 2.97. The number of carbonyl (C=O) groups is 1. The highest BCUT2D eigenvalue weighted by Crippen LogP contribution is 2.34. The Morgan fingerprint density at radius 3 is 2.47 bits per heavy atom. The van der Waals surface area contributed by atoms with Gasteiger partial charge in [-0.2, -0.15) is 0 Å². The van der Waals surface area contributed by atoms with Crippen LogP contribution in [0.25, 0.3) is 0 Å². The molecule has 1 aromatic carbocycles. The van der Waals surface area contributed by atoms with E-state index in [4.69, 9.17) is 5.73 Å². The highest BCUT2D eigenvalue weighted by atomic mass is 16.2. The van der Waals surface area contributed by atoms with Gasteiger partial charge in [-0.1, -0.05) is 12.1 Å².